The molecule has 0 fully saturated rings. The van der Waals surface area contributed by atoms with Gasteiger partial charge < -0.3 is 19.9 Å². The van der Waals surface area contributed by atoms with E-state index in [1.165, 1.54) is 14.0 Å². The number of ether oxygens (including phenoxy) is 2. The standard InChI is InChI=1S/C13H17NO5/c1-4-19-11-9(6-5-7-10(11)18-3)12(15)14-8(2)13(16)17/h5-8H,4H2,1-3H3,(H,14,15)(H,16,17). The number of aliphatic carboxylic acids is 1. The summed E-state index contributed by atoms with van der Waals surface area (Å²) in [6, 6.07) is 3.88. The molecule has 1 aromatic carbocycles. The summed E-state index contributed by atoms with van der Waals surface area (Å²) in [5.74, 6) is -0.883. The molecule has 0 saturated carbocycles. The van der Waals surface area contributed by atoms with Gasteiger partial charge >= 0.3 is 5.97 Å². The van der Waals surface area contributed by atoms with Crippen LogP contribution < -0.4 is 14.8 Å². The molecule has 1 amide bonds. The number of nitrogens with one attached hydrogen (secondary N) is 1. The number of methoxy groups -OCH3 is 1. The number of carboxylic acids is 1. The maximum absolute atomic E-state index is 12.0. The Morgan fingerprint density at radius 2 is 2.11 bits per heavy atom. The normalized spacial score (nSPS) is 11.5. The van der Waals surface area contributed by atoms with Crippen molar-refractivity contribution in [2.75, 3.05) is 13.7 Å². The Morgan fingerprint density at radius 3 is 2.63 bits per heavy atom. The Bertz CT molecular complexity index is 472. The molecule has 0 aliphatic heterocycles. The summed E-state index contributed by atoms with van der Waals surface area (Å²) in [5.41, 5.74) is 0.245. The lowest BCUT2D eigenvalue weighted by atomic mass is 10.1. The zero-order valence-electron chi connectivity index (χ0n) is 11.1. The molecule has 6 heteroatoms. The summed E-state index contributed by atoms with van der Waals surface area (Å²) in [6.07, 6.45) is 0. The molecule has 0 radical (unpaired) electrons. The van der Waals surface area contributed by atoms with Crippen LogP contribution in [-0.4, -0.2) is 36.7 Å². The first-order valence-corrected chi connectivity index (χ1v) is 5.84. The molecule has 0 aliphatic carbocycles. The van der Waals surface area contributed by atoms with Gasteiger partial charge in [-0.15, -0.1) is 0 Å². The van der Waals surface area contributed by atoms with Crippen LogP contribution in [0.4, 0.5) is 0 Å². The Balaban J connectivity index is 3.04. The van der Waals surface area contributed by atoms with E-state index < -0.39 is 17.9 Å². The lowest BCUT2D eigenvalue weighted by Crippen LogP contribution is -2.38. The molecular weight excluding hydrogens is 250 g/mol. The van der Waals surface area contributed by atoms with E-state index in [2.05, 4.69) is 5.32 Å². The second kappa shape index (κ2) is 6.63. The Hall–Kier alpha value is -2.24. The van der Waals surface area contributed by atoms with Crippen molar-refractivity contribution in [2.45, 2.75) is 19.9 Å². The van der Waals surface area contributed by atoms with E-state index in [1.807, 2.05) is 0 Å². The van der Waals surface area contributed by atoms with E-state index in [0.717, 1.165) is 0 Å². The van der Waals surface area contributed by atoms with Crippen LogP contribution in [-0.2, 0) is 4.79 Å². The molecule has 0 bridgehead atoms. The van der Waals surface area contributed by atoms with Crippen LogP contribution in [0.3, 0.4) is 0 Å². The average Bonchev–Trinajstić information content (AvgIpc) is 2.38. The van der Waals surface area contributed by atoms with Gasteiger partial charge in [0.05, 0.1) is 19.3 Å². The molecular formula is C13H17NO5. The molecule has 1 aromatic rings. The summed E-state index contributed by atoms with van der Waals surface area (Å²) >= 11 is 0. The van der Waals surface area contributed by atoms with Gasteiger partial charge in [0, 0.05) is 0 Å². The van der Waals surface area contributed by atoms with Crippen LogP contribution in [0.1, 0.15) is 24.2 Å². The average molecular weight is 267 g/mol. The van der Waals surface area contributed by atoms with Crippen molar-refractivity contribution in [1.82, 2.24) is 5.32 Å². The number of hydrogen-bond donors (Lipinski definition) is 2. The smallest absolute Gasteiger partial charge is 0.325 e. The van der Waals surface area contributed by atoms with Gasteiger partial charge in [-0.1, -0.05) is 6.07 Å². The molecule has 1 rings (SSSR count). The molecule has 1 unspecified atom stereocenters. The second-order valence-electron chi connectivity index (χ2n) is 3.80. The van der Waals surface area contributed by atoms with Crippen molar-refractivity contribution in [3.8, 4) is 11.5 Å². The molecule has 104 valence electrons. The molecule has 1 atom stereocenters. The first-order valence-electron chi connectivity index (χ1n) is 5.84. The highest BCUT2D eigenvalue weighted by Gasteiger charge is 2.20. The number of para-hydroxylation sites is 1. The van der Waals surface area contributed by atoms with Crippen LogP contribution in [0.15, 0.2) is 18.2 Å². The molecule has 19 heavy (non-hydrogen) atoms. The van der Waals surface area contributed by atoms with Crippen molar-refractivity contribution < 1.29 is 24.2 Å². The van der Waals surface area contributed by atoms with Crippen molar-refractivity contribution >= 4 is 11.9 Å². The quantitative estimate of drug-likeness (QED) is 0.811. The topological polar surface area (TPSA) is 84.9 Å². The lowest BCUT2D eigenvalue weighted by molar-refractivity contribution is -0.138. The minimum atomic E-state index is -1.10. The largest absolute Gasteiger partial charge is 0.493 e. The number of benzene rings is 1. The second-order valence-corrected chi connectivity index (χ2v) is 3.80. The summed E-state index contributed by atoms with van der Waals surface area (Å²) in [6.45, 7) is 3.55. The van der Waals surface area contributed by atoms with Crippen LogP contribution in [0.25, 0.3) is 0 Å². The summed E-state index contributed by atoms with van der Waals surface area (Å²) in [7, 11) is 1.47. The number of carboxylic acid groups (broad SMARTS) is 1. The molecule has 2 N–H and O–H groups in total. The third kappa shape index (κ3) is 3.61. The molecule has 6 nitrogen and oxygen atoms in total. The number of hydrogen-bond acceptors (Lipinski definition) is 4. The van der Waals surface area contributed by atoms with Gasteiger partial charge in [-0.2, -0.15) is 0 Å². The van der Waals surface area contributed by atoms with Gasteiger partial charge in [-0.3, -0.25) is 9.59 Å². The van der Waals surface area contributed by atoms with E-state index in [1.54, 1.807) is 25.1 Å². The van der Waals surface area contributed by atoms with Gasteiger partial charge in [0.15, 0.2) is 11.5 Å². The van der Waals surface area contributed by atoms with Crippen LogP contribution >= 0.6 is 0 Å². The third-order valence-electron chi connectivity index (χ3n) is 2.45. The van der Waals surface area contributed by atoms with Gasteiger partial charge in [0.2, 0.25) is 0 Å². The monoisotopic (exact) mass is 267 g/mol. The van der Waals surface area contributed by atoms with E-state index >= 15 is 0 Å². The summed E-state index contributed by atoms with van der Waals surface area (Å²) in [4.78, 5) is 22.7. The predicted octanol–water partition coefficient (Wildman–Crippen LogP) is 1.30. The first kappa shape index (κ1) is 14.8. The fraction of sp³-hybridized carbons (Fsp3) is 0.385. The fourth-order valence-electron chi connectivity index (χ4n) is 1.48. The zero-order valence-corrected chi connectivity index (χ0v) is 11.1. The van der Waals surface area contributed by atoms with Crippen molar-refractivity contribution in [3.63, 3.8) is 0 Å². The minimum Gasteiger partial charge on any atom is -0.493 e. The molecule has 0 aliphatic rings. The van der Waals surface area contributed by atoms with Crippen LogP contribution in [0, 0.1) is 0 Å². The molecule has 0 saturated heterocycles. The Kier molecular flexibility index (Phi) is 5.17. The van der Waals surface area contributed by atoms with Gasteiger partial charge in [0.1, 0.15) is 6.04 Å². The van der Waals surface area contributed by atoms with Gasteiger partial charge in [-0.25, -0.2) is 0 Å². The predicted molar refractivity (Wildman–Crippen MR) is 68.7 cm³/mol. The van der Waals surface area contributed by atoms with Crippen molar-refractivity contribution in [2.24, 2.45) is 0 Å². The molecule has 0 heterocycles. The zero-order chi connectivity index (χ0) is 14.4. The van der Waals surface area contributed by atoms with Crippen molar-refractivity contribution in [3.05, 3.63) is 23.8 Å². The van der Waals surface area contributed by atoms with Gasteiger partial charge in [-0.05, 0) is 26.0 Å². The van der Waals surface area contributed by atoms with Crippen LogP contribution in [0.5, 0.6) is 11.5 Å². The molecule has 0 aromatic heterocycles. The maximum atomic E-state index is 12.0. The number of carbonyl (C=O) groups excluding carboxylic acids is 1. The summed E-state index contributed by atoms with van der Waals surface area (Å²) < 4.78 is 10.5. The SMILES string of the molecule is CCOc1c(OC)cccc1C(=O)NC(C)C(=O)O. The van der Waals surface area contributed by atoms with Crippen molar-refractivity contribution in [1.29, 1.82) is 0 Å². The lowest BCUT2D eigenvalue weighted by Gasteiger charge is -2.15. The van der Waals surface area contributed by atoms with Gasteiger partial charge in [0.25, 0.3) is 5.91 Å². The minimum absolute atomic E-state index is 0.245. The summed E-state index contributed by atoms with van der Waals surface area (Å²) in [5, 5.41) is 11.2. The van der Waals surface area contributed by atoms with E-state index in [0.29, 0.717) is 18.1 Å². The van der Waals surface area contributed by atoms with E-state index in [-0.39, 0.29) is 5.56 Å². The Labute approximate surface area is 111 Å². The number of carbonyl (C=O) groups is 2. The van der Waals surface area contributed by atoms with E-state index in [9.17, 15) is 9.59 Å². The molecule has 0 spiro atoms. The fourth-order valence-corrected chi connectivity index (χ4v) is 1.48. The maximum Gasteiger partial charge on any atom is 0.325 e. The van der Waals surface area contributed by atoms with Crippen LogP contribution in [0.2, 0.25) is 0 Å². The number of amides is 1. The third-order valence-corrected chi connectivity index (χ3v) is 2.45. The highest BCUT2D eigenvalue weighted by molar-refractivity contribution is 5.99. The highest BCUT2D eigenvalue weighted by Crippen LogP contribution is 2.31. The van der Waals surface area contributed by atoms with E-state index in [4.69, 9.17) is 14.6 Å². The first-order chi connectivity index (χ1) is 9.01. The Morgan fingerprint density at radius 1 is 1.42 bits per heavy atom. The number of rotatable bonds is 6. The highest BCUT2D eigenvalue weighted by atomic mass is 16.5.